The van der Waals surface area contributed by atoms with E-state index in [9.17, 15) is 74.9 Å². The lowest BCUT2D eigenvalue weighted by molar-refractivity contribution is -0.360. The predicted octanol–water partition coefficient (Wildman–Crippen LogP) is 12.4. The van der Waals surface area contributed by atoms with Crippen LogP contribution in [0, 0.1) is 5.92 Å². The Kier molecular flexibility index (Phi) is 53.5. The average Bonchev–Trinajstić information content (AvgIpc) is 0.761. The highest BCUT2D eigenvalue weighted by Crippen LogP contribution is 2.49. The normalized spacial score (nSPS) is 27.3. The highest BCUT2D eigenvalue weighted by atomic mass is 31.2. The first kappa shape index (κ1) is 94.2. The first-order valence-corrected chi connectivity index (χ1v) is 42.2. The number of aliphatic hydroxyl groups excluding tert-OH is 10. The van der Waals surface area contributed by atoms with Gasteiger partial charge in [-0.1, -0.05) is 297 Å². The molecule has 11 N–H and O–H groups in total. The second-order valence-electron chi connectivity index (χ2n) is 29.8. The molecule has 19 unspecified atom stereocenters. The second-order valence-corrected chi connectivity index (χ2v) is 31.2. The molecule has 2 saturated heterocycles. The van der Waals surface area contributed by atoms with Crippen LogP contribution in [-0.2, 0) is 61.2 Å². The summed E-state index contributed by atoms with van der Waals surface area (Å²) in [6.45, 7) is 5.83. The highest BCUT2D eigenvalue weighted by molar-refractivity contribution is 7.47. The molecule has 24 nitrogen and oxygen atoms in total. The topological polar surface area (TPSA) is 374 Å². The Morgan fingerprint density at radius 3 is 1.06 bits per heavy atom. The first-order chi connectivity index (χ1) is 49.2. The van der Waals surface area contributed by atoms with Gasteiger partial charge in [-0.15, -0.1) is 0 Å². The molecule has 0 aromatic heterocycles. The van der Waals surface area contributed by atoms with Gasteiger partial charge in [0.2, 0.25) is 0 Å². The molecule has 102 heavy (non-hydrogen) atoms. The molecule has 1 aliphatic carbocycles. The van der Waals surface area contributed by atoms with E-state index in [-0.39, 0.29) is 19.3 Å². The number of phosphoric acid groups is 1. The number of phosphoric ester groups is 1. The van der Waals surface area contributed by atoms with Crippen molar-refractivity contribution in [1.29, 1.82) is 0 Å². The zero-order valence-corrected chi connectivity index (χ0v) is 64.2. The predicted molar refractivity (Wildman–Crippen MR) is 388 cm³/mol. The molecule has 0 spiro atoms. The Morgan fingerprint density at radius 1 is 0.373 bits per heavy atom. The third-order valence-corrected chi connectivity index (χ3v) is 21.5. The summed E-state index contributed by atoms with van der Waals surface area (Å²) in [4.78, 5) is 51.2. The Labute approximate surface area is 612 Å². The van der Waals surface area contributed by atoms with E-state index in [1.165, 1.54) is 173 Å². The number of hydrogen-bond donors (Lipinski definition) is 11. The Balaban J connectivity index is 1.71. The lowest BCUT2D eigenvalue weighted by Gasteiger charge is -2.49. The van der Waals surface area contributed by atoms with Gasteiger partial charge in [0.25, 0.3) is 0 Å². The van der Waals surface area contributed by atoms with Gasteiger partial charge in [-0.05, 0) is 25.2 Å². The Morgan fingerprint density at radius 2 is 0.686 bits per heavy atom. The molecule has 0 radical (unpaired) electrons. The summed E-state index contributed by atoms with van der Waals surface area (Å²) in [5.41, 5.74) is 0. The zero-order valence-electron chi connectivity index (χ0n) is 63.3. The van der Waals surface area contributed by atoms with Gasteiger partial charge in [0.1, 0.15) is 98.7 Å². The van der Waals surface area contributed by atoms with Crippen molar-refractivity contribution in [2.24, 2.45) is 5.92 Å². The van der Waals surface area contributed by atoms with Crippen molar-refractivity contribution in [3.05, 3.63) is 0 Å². The van der Waals surface area contributed by atoms with Gasteiger partial charge >= 0.3 is 25.7 Å². The van der Waals surface area contributed by atoms with Crippen molar-refractivity contribution in [2.45, 2.75) is 440 Å². The lowest BCUT2D eigenvalue weighted by atomic mass is 9.84. The van der Waals surface area contributed by atoms with Gasteiger partial charge in [-0.2, -0.15) is 0 Å². The van der Waals surface area contributed by atoms with Crippen LogP contribution in [0.3, 0.4) is 0 Å². The summed E-state index contributed by atoms with van der Waals surface area (Å²) in [7, 11) is -5.70. The number of aliphatic hydroxyl groups is 10. The van der Waals surface area contributed by atoms with Gasteiger partial charge in [-0.25, -0.2) is 4.57 Å². The zero-order chi connectivity index (χ0) is 74.8. The summed E-state index contributed by atoms with van der Waals surface area (Å²) in [5, 5.41) is 110. The number of ether oxygens (including phenoxy) is 7. The number of unbranched alkanes of at least 4 members (excludes halogenated alkanes) is 39. The summed E-state index contributed by atoms with van der Waals surface area (Å²) in [6, 6.07) is 0. The van der Waals surface area contributed by atoms with Gasteiger partial charge in [0.15, 0.2) is 18.7 Å². The van der Waals surface area contributed by atoms with E-state index in [0.29, 0.717) is 25.2 Å². The maximum atomic E-state index is 14.4. The summed E-state index contributed by atoms with van der Waals surface area (Å²) < 4.78 is 65.3. The average molecular weight is 1490 g/mol. The molecule has 2 heterocycles. The molecule has 3 aliphatic rings. The summed E-state index contributed by atoms with van der Waals surface area (Å²) in [6.07, 6.45) is 15.7. The third-order valence-electron chi connectivity index (χ3n) is 20.5. The minimum Gasteiger partial charge on any atom is -0.463 e. The fourth-order valence-electron chi connectivity index (χ4n) is 13.8. The van der Waals surface area contributed by atoms with Crippen LogP contribution in [0.2, 0.25) is 0 Å². The SMILES string of the molecule is CCCCCCCCCCCCCCCCCCC(=O)OCC1OC(OC2C(O)C(O)C(O)C(OC3OC(CO)C(O)C(O)C3O)C2OP(=O)(O)OCC(COC(=O)CCCCCCCCC(C)CCCCCCCC)OC(=O)CCCCCCCCCCCCCCCCC)C(O)C(O)C1O. The van der Waals surface area contributed by atoms with Crippen molar-refractivity contribution < 1.29 is 117 Å². The monoisotopic (exact) mass is 1480 g/mol. The van der Waals surface area contributed by atoms with Gasteiger partial charge in [0, 0.05) is 19.3 Å². The molecule has 19 atom stereocenters. The third kappa shape index (κ3) is 40.4. The Bertz CT molecular complexity index is 2120. The van der Waals surface area contributed by atoms with Crippen LogP contribution in [0.25, 0.3) is 0 Å². The molecular weight excluding hydrogens is 1340 g/mol. The molecule has 0 aromatic rings. The molecule has 0 amide bonds. The van der Waals surface area contributed by atoms with Crippen molar-refractivity contribution in [2.75, 3.05) is 26.4 Å². The minimum atomic E-state index is -5.70. The van der Waals surface area contributed by atoms with E-state index >= 15 is 0 Å². The van der Waals surface area contributed by atoms with E-state index < -0.39 is 156 Å². The number of carbonyl (C=O) groups excluding carboxylic acids is 3. The van der Waals surface area contributed by atoms with Crippen LogP contribution in [0.5, 0.6) is 0 Å². The van der Waals surface area contributed by atoms with Crippen LogP contribution < -0.4 is 0 Å². The van der Waals surface area contributed by atoms with Gasteiger partial charge < -0.3 is 89.1 Å². The fourth-order valence-corrected chi connectivity index (χ4v) is 14.8. The molecule has 3 rings (SSSR count). The summed E-state index contributed by atoms with van der Waals surface area (Å²) in [5.74, 6) is -1.27. The van der Waals surface area contributed by atoms with E-state index in [1.807, 2.05) is 0 Å². The van der Waals surface area contributed by atoms with Crippen molar-refractivity contribution in [1.82, 2.24) is 0 Å². The standard InChI is InChI=1S/C77H145O24P/c1-5-8-11-14-17-19-21-23-25-27-28-30-32-34-40-46-51-62(80)94-56-60-65(83)67(85)72(90)77(98-60)100-74-70(88)68(86)69(87)73(99-76-71(89)66(84)64(82)59(53-78)97-76)75(74)101-102(91,92)95-55-58(96-63(81)52-47-42-35-33-31-29-26-24-22-20-18-15-12-9-6-2)54-93-61(79)50-45-41-37-36-39-44-49-57(4)48-43-38-16-13-10-7-3/h57-60,64-78,82-90H,5-56H2,1-4H3,(H,91,92). The smallest absolute Gasteiger partial charge is 0.463 e. The van der Waals surface area contributed by atoms with Crippen LogP contribution >= 0.6 is 7.82 Å². The lowest BCUT2D eigenvalue weighted by Crippen LogP contribution is -2.69. The second kappa shape index (κ2) is 58.0. The Hall–Kier alpha value is -2.04. The van der Waals surface area contributed by atoms with Gasteiger partial charge in [0.05, 0.1) is 13.2 Å². The van der Waals surface area contributed by atoms with Crippen molar-refractivity contribution in [3.8, 4) is 0 Å². The maximum absolute atomic E-state index is 14.4. The molecule has 1 saturated carbocycles. The minimum absolute atomic E-state index is 0.0338. The molecular formula is C77H145O24P. The number of esters is 3. The van der Waals surface area contributed by atoms with Gasteiger partial charge in [-0.3, -0.25) is 23.4 Å². The molecule has 602 valence electrons. The van der Waals surface area contributed by atoms with Crippen LogP contribution in [0.4, 0.5) is 0 Å². The molecule has 2 aliphatic heterocycles. The number of hydrogen-bond acceptors (Lipinski definition) is 23. The molecule has 25 heteroatoms. The molecule has 0 aromatic carbocycles. The highest BCUT2D eigenvalue weighted by Gasteiger charge is 2.58. The van der Waals surface area contributed by atoms with E-state index in [1.54, 1.807) is 0 Å². The largest absolute Gasteiger partial charge is 0.472 e. The van der Waals surface area contributed by atoms with Crippen molar-refractivity contribution in [3.63, 3.8) is 0 Å². The maximum Gasteiger partial charge on any atom is 0.472 e. The number of carbonyl (C=O) groups is 3. The van der Waals surface area contributed by atoms with Crippen LogP contribution in [0.1, 0.15) is 336 Å². The van der Waals surface area contributed by atoms with Crippen LogP contribution in [-0.4, -0.2) is 204 Å². The van der Waals surface area contributed by atoms with E-state index in [2.05, 4.69) is 27.7 Å². The van der Waals surface area contributed by atoms with E-state index in [0.717, 1.165) is 96.3 Å². The van der Waals surface area contributed by atoms with Crippen molar-refractivity contribution >= 4 is 25.7 Å². The number of rotatable bonds is 64. The quantitative estimate of drug-likeness (QED) is 0.0117. The summed E-state index contributed by atoms with van der Waals surface area (Å²) >= 11 is 0. The first-order valence-electron chi connectivity index (χ1n) is 40.7. The van der Waals surface area contributed by atoms with Crippen LogP contribution in [0.15, 0.2) is 0 Å². The van der Waals surface area contributed by atoms with E-state index in [4.69, 9.17) is 42.2 Å². The molecule has 3 fully saturated rings. The fraction of sp³-hybridized carbons (Fsp3) is 0.961. The molecule has 0 bridgehead atoms.